The Balaban J connectivity index is 1.54. The van der Waals surface area contributed by atoms with Gasteiger partial charge < -0.3 is 19.8 Å². The van der Waals surface area contributed by atoms with Gasteiger partial charge in [-0.25, -0.2) is 4.98 Å². The second-order valence-corrected chi connectivity index (χ2v) is 5.42. The molecule has 0 fully saturated rings. The predicted octanol–water partition coefficient (Wildman–Crippen LogP) is 2.58. The highest BCUT2D eigenvalue weighted by Gasteiger charge is 2.09. The van der Waals surface area contributed by atoms with Crippen LogP contribution in [-0.4, -0.2) is 29.6 Å². The number of aromatic amines is 1. The van der Waals surface area contributed by atoms with Gasteiger partial charge in [0.25, 0.3) is 5.91 Å². The fourth-order valence-corrected chi connectivity index (χ4v) is 2.36. The highest BCUT2D eigenvalue weighted by Crippen LogP contribution is 2.27. The van der Waals surface area contributed by atoms with E-state index in [0.29, 0.717) is 23.9 Å². The molecule has 3 aromatic rings. The SMILES string of the molecule is COc1cc(C)ccc1OCC(=O)NCc1nc2ccccc2[nH]1. The lowest BCUT2D eigenvalue weighted by atomic mass is 10.2. The molecule has 0 radical (unpaired) electrons. The topological polar surface area (TPSA) is 76.2 Å². The molecular weight excluding hydrogens is 306 g/mol. The van der Waals surface area contributed by atoms with Crippen LogP contribution in [0.1, 0.15) is 11.4 Å². The molecule has 2 N–H and O–H groups in total. The van der Waals surface area contributed by atoms with Gasteiger partial charge in [0.05, 0.1) is 24.7 Å². The Hall–Kier alpha value is -3.02. The molecule has 1 aromatic heterocycles. The van der Waals surface area contributed by atoms with E-state index in [1.54, 1.807) is 13.2 Å². The van der Waals surface area contributed by atoms with E-state index in [9.17, 15) is 4.79 Å². The number of fused-ring (bicyclic) bond motifs is 1. The predicted molar refractivity (Wildman–Crippen MR) is 91.2 cm³/mol. The quantitative estimate of drug-likeness (QED) is 0.730. The number of para-hydroxylation sites is 2. The number of benzene rings is 2. The molecule has 0 unspecified atom stereocenters. The van der Waals surface area contributed by atoms with Gasteiger partial charge >= 0.3 is 0 Å². The summed E-state index contributed by atoms with van der Waals surface area (Å²) in [6, 6.07) is 13.3. The Morgan fingerprint density at radius 3 is 2.83 bits per heavy atom. The Labute approximate surface area is 139 Å². The lowest BCUT2D eigenvalue weighted by Gasteiger charge is -2.11. The van der Waals surface area contributed by atoms with Crippen molar-refractivity contribution in [1.82, 2.24) is 15.3 Å². The summed E-state index contributed by atoms with van der Waals surface area (Å²) in [7, 11) is 1.57. The summed E-state index contributed by atoms with van der Waals surface area (Å²) in [6.07, 6.45) is 0. The molecule has 6 nitrogen and oxygen atoms in total. The standard InChI is InChI=1S/C18H19N3O3/c1-12-7-8-15(16(9-12)23-2)24-11-18(22)19-10-17-20-13-5-3-4-6-14(13)21-17/h3-9H,10-11H2,1-2H3,(H,19,22)(H,20,21). The maximum atomic E-state index is 12.0. The van der Waals surface area contributed by atoms with Crippen LogP contribution in [0.3, 0.4) is 0 Å². The number of nitrogens with one attached hydrogen (secondary N) is 2. The van der Waals surface area contributed by atoms with Crippen LogP contribution in [0.15, 0.2) is 42.5 Å². The molecule has 0 spiro atoms. The maximum absolute atomic E-state index is 12.0. The first kappa shape index (κ1) is 15.9. The molecule has 0 aliphatic carbocycles. The number of aromatic nitrogens is 2. The van der Waals surface area contributed by atoms with Gasteiger partial charge in [-0.1, -0.05) is 18.2 Å². The molecule has 0 saturated heterocycles. The number of carbonyl (C=O) groups is 1. The smallest absolute Gasteiger partial charge is 0.258 e. The Morgan fingerprint density at radius 2 is 2.04 bits per heavy atom. The first-order valence-corrected chi connectivity index (χ1v) is 7.63. The third-order valence-corrected chi connectivity index (χ3v) is 3.57. The van der Waals surface area contributed by atoms with Gasteiger partial charge in [0.2, 0.25) is 0 Å². The van der Waals surface area contributed by atoms with Crippen LogP contribution < -0.4 is 14.8 Å². The molecule has 0 aliphatic rings. The molecule has 2 aromatic carbocycles. The summed E-state index contributed by atoms with van der Waals surface area (Å²) in [5.74, 6) is 1.64. The summed E-state index contributed by atoms with van der Waals surface area (Å²) in [5.41, 5.74) is 2.89. The number of methoxy groups -OCH3 is 1. The summed E-state index contributed by atoms with van der Waals surface area (Å²) >= 11 is 0. The number of ether oxygens (including phenoxy) is 2. The molecule has 124 valence electrons. The lowest BCUT2D eigenvalue weighted by molar-refractivity contribution is -0.123. The van der Waals surface area contributed by atoms with Crippen LogP contribution in [0.25, 0.3) is 11.0 Å². The van der Waals surface area contributed by atoms with Crippen molar-refractivity contribution in [2.45, 2.75) is 13.5 Å². The molecule has 0 saturated carbocycles. The number of carbonyl (C=O) groups excluding carboxylic acids is 1. The second-order valence-electron chi connectivity index (χ2n) is 5.42. The molecule has 0 bridgehead atoms. The number of hydrogen-bond acceptors (Lipinski definition) is 4. The van der Waals surface area contributed by atoms with Crippen molar-refractivity contribution in [3.05, 3.63) is 53.9 Å². The van der Waals surface area contributed by atoms with Crippen LogP contribution in [0.2, 0.25) is 0 Å². The van der Waals surface area contributed by atoms with Gasteiger partial charge in [0.1, 0.15) is 5.82 Å². The maximum Gasteiger partial charge on any atom is 0.258 e. The fraction of sp³-hybridized carbons (Fsp3) is 0.222. The van der Waals surface area contributed by atoms with Gasteiger partial charge in [-0.15, -0.1) is 0 Å². The number of rotatable bonds is 6. The van der Waals surface area contributed by atoms with E-state index in [1.165, 1.54) is 0 Å². The van der Waals surface area contributed by atoms with E-state index >= 15 is 0 Å². The highest BCUT2D eigenvalue weighted by atomic mass is 16.5. The normalized spacial score (nSPS) is 10.6. The molecule has 0 aliphatic heterocycles. The van der Waals surface area contributed by atoms with Crippen molar-refractivity contribution in [3.63, 3.8) is 0 Å². The number of hydrogen-bond donors (Lipinski definition) is 2. The average molecular weight is 325 g/mol. The number of amides is 1. The zero-order valence-electron chi connectivity index (χ0n) is 13.6. The van der Waals surface area contributed by atoms with Gasteiger partial charge in [0, 0.05) is 0 Å². The molecule has 6 heteroatoms. The van der Waals surface area contributed by atoms with Crippen molar-refractivity contribution >= 4 is 16.9 Å². The van der Waals surface area contributed by atoms with Crippen LogP contribution in [0, 0.1) is 6.92 Å². The summed E-state index contributed by atoms with van der Waals surface area (Å²) < 4.78 is 10.8. The zero-order chi connectivity index (χ0) is 16.9. The molecule has 24 heavy (non-hydrogen) atoms. The zero-order valence-corrected chi connectivity index (χ0v) is 13.6. The third kappa shape index (κ3) is 3.65. The van der Waals surface area contributed by atoms with Crippen LogP contribution in [-0.2, 0) is 11.3 Å². The number of nitrogens with zero attached hydrogens (tertiary/aromatic N) is 1. The molecular formula is C18H19N3O3. The van der Waals surface area contributed by atoms with E-state index < -0.39 is 0 Å². The van der Waals surface area contributed by atoms with Gasteiger partial charge in [-0.2, -0.15) is 0 Å². The van der Waals surface area contributed by atoms with Crippen LogP contribution in [0.5, 0.6) is 11.5 Å². The number of aryl methyl sites for hydroxylation is 1. The number of H-pyrrole nitrogens is 1. The lowest BCUT2D eigenvalue weighted by Crippen LogP contribution is -2.28. The van der Waals surface area contributed by atoms with E-state index in [0.717, 1.165) is 16.6 Å². The average Bonchev–Trinajstić information content (AvgIpc) is 3.01. The van der Waals surface area contributed by atoms with E-state index in [-0.39, 0.29) is 12.5 Å². The first-order valence-electron chi connectivity index (χ1n) is 7.63. The minimum absolute atomic E-state index is 0.0837. The van der Waals surface area contributed by atoms with Crippen LogP contribution in [0.4, 0.5) is 0 Å². The minimum atomic E-state index is -0.224. The summed E-state index contributed by atoms with van der Waals surface area (Å²) in [5, 5.41) is 2.78. The molecule has 1 heterocycles. The minimum Gasteiger partial charge on any atom is -0.493 e. The Morgan fingerprint density at radius 1 is 1.21 bits per heavy atom. The van der Waals surface area contributed by atoms with Crippen molar-refractivity contribution in [3.8, 4) is 11.5 Å². The van der Waals surface area contributed by atoms with Crippen molar-refractivity contribution in [1.29, 1.82) is 0 Å². The first-order chi connectivity index (χ1) is 11.7. The van der Waals surface area contributed by atoms with E-state index in [4.69, 9.17) is 9.47 Å². The van der Waals surface area contributed by atoms with E-state index in [1.807, 2.05) is 43.3 Å². The summed E-state index contributed by atoms with van der Waals surface area (Å²) in [4.78, 5) is 19.5. The van der Waals surface area contributed by atoms with Gasteiger partial charge in [-0.3, -0.25) is 4.79 Å². The van der Waals surface area contributed by atoms with Gasteiger partial charge in [0.15, 0.2) is 18.1 Å². The number of imidazole rings is 1. The molecule has 0 atom stereocenters. The van der Waals surface area contributed by atoms with Crippen molar-refractivity contribution < 1.29 is 14.3 Å². The van der Waals surface area contributed by atoms with Crippen LogP contribution >= 0.6 is 0 Å². The van der Waals surface area contributed by atoms with E-state index in [2.05, 4.69) is 15.3 Å². The highest BCUT2D eigenvalue weighted by molar-refractivity contribution is 5.78. The Kier molecular flexibility index (Phi) is 4.65. The summed E-state index contributed by atoms with van der Waals surface area (Å²) in [6.45, 7) is 2.20. The van der Waals surface area contributed by atoms with Gasteiger partial charge in [-0.05, 0) is 36.8 Å². The fourth-order valence-electron chi connectivity index (χ4n) is 2.36. The largest absolute Gasteiger partial charge is 0.493 e. The van der Waals surface area contributed by atoms with Crippen molar-refractivity contribution in [2.24, 2.45) is 0 Å². The third-order valence-electron chi connectivity index (χ3n) is 3.57. The molecule has 1 amide bonds. The second kappa shape index (κ2) is 7.04. The van der Waals surface area contributed by atoms with Crippen molar-refractivity contribution in [2.75, 3.05) is 13.7 Å². The Bertz CT molecular complexity index is 825. The monoisotopic (exact) mass is 325 g/mol. The molecule has 3 rings (SSSR count).